The summed E-state index contributed by atoms with van der Waals surface area (Å²) in [5.41, 5.74) is -0.196. The van der Waals surface area contributed by atoms with Crippen molar-refractivity contribution in [3.63, 3.8) is 0 Å². The van der Waals surface area contributed by atoms with Crippen LogP contribution in [0.25, 0.3) is 0 Å². The number of aliphatic hydroxyl groups excluding tert-OH is 1. The molecule has 1 amide bonds. The number of carbonyl (C=O) groups excluding carboxylic acids is 1. The number of halogens is 1. The number of hydrogen-bond acceptors (Lipinski definition) is 2. The summed E-state index contributed by atoms with van der Waals surface area (Å²) in [5, 5.41) is 11.5. The summed E-state index contributed by atoms with van der Waals surface area (Å²) < 4.78 is 13.8. The first-order chi connectivity index (χ1) is 8.70. The van der Waals surface area contributed by atoms with Gasteiger partial charge in [-0.2, -0.15) is 0 Å². The minimum atomic E-state index is -0.694. The highest BCUT2D eigenvalue weighted by molar-refractivity contribution is 5.89. The van der Waals surface area contributed by atoms with Crippen LogP contribution in [0.2, 0.25) is 0 Å². The molecule has 2 N–H and O–H groups in total. The van der Waals surface area contributed by atoms with Gasteiger partial charge in [0.2, 0.25) is 5.91 Å². The van der Waals surface area contributed by atoms with E-state index in [0.717, 1.165) is 6.42 Å². The van der Waals surface area contributed by atoms with Gasteiger partial charge in [0.1, 0.15) is 5.82 Å². The lowest BCUT2D eigenvalue weighted by atomic mass is 9.63. The van der Waals surface area contributed by atoms with E-state index in [1.54, 1.807) is 18.2 Å². The van der Waals surface area contributed by atoms with Crippen LogP contribution < -0.4 is 5.32 Å². The fourth-order valence-electron chi connectivity index (χ4n) is 2.45. The zero-order chi connectivity index (χ0) is 13.0. The monoisotopic (exact) mass is 251 g/mol. The van der Waals surface area contributed by atoms with Crippen molar-refractivity contribution < 1.29 is 14.3 Å². The van der Waals surface area contributed by atoms with Crippen molar-refractivity contribution >= 4 is 5.91 Å². The van der Waals surface area contributed by atoms with Crippen molar-refractivity contribution in [2.45, 2.75) is 31.1 Å². The van der Waals surface area contributed by atoms with Gasteiger partial charge in [-0.25, -0.2) is 4.39 Å². The minimum absolute atomic E-state index is 0.0486. The van der Waals surface area contributed by atoms with Gasteiger partial charge >= 0.3 is 0 Å². The summed E-state index contributed by atoms with van der Waals surface area (Å²) >= 11 is 0. The molecular formula is C14H18FNO2. The number of rotatable bonds is 5. The lowest BCUT2D eigenvalue weighted by Gasteiger charge is -2.40. The van der Waals surface area contributed by atoms with Crippen LogP contribution in [0.4, 0.5) is 4.39 Å². The van der Waals surface area contributed by atoms with Crippen molar-refractivity contribution in [3.05, 3.63) is 35.6 Å². The second kappa shape index (κ2) is 5.48. The number of amides is 1. The minimum Gasteiger partial charge on any atom is -0.396 e. The summed E-state index contributed by atoms with van der Waals surface area (Å²) in [6, 6.07) is 6.49. The lowest BCUT2D eigenvalue weighted by molar-refractivity contribution is -0.130. The number of carbonyl (C=O) groups is 1. The Balaban J connectivity index is 2.16. The topological polar surface area (TPSA) is 49.3 Å². The van der Waals surface area contributed by atoms with Gasteiger partial charge in [-0.1, -0.05) is 24.6 Å². The molecule has 0 radical (unpaired) electrons. The van der Waals surface area contributed by atoms with Gasteiger partial charge in [-0.05, 0) is 25.3 Å². The van der Waals surface area contributed by atoms with Crippen molar-refractivity contribution in [1.29, 1.82) is 0 Å². The van der Waals surface area contributed by atoms with E-state index in [1.165, 1.54) is 6.07 Å². The summed E-state index contributed by atoms with van der Waals surface area (Å²) in [5.74, 6) is -0.429. The lowest BCUT2D eigenvalue weighted by Crippen LogP contribution is -2.50. The Hall–Kier alpha value is -1.42. The Kier molecular flexibility index (Phi) is 3.97. The van der Waals surface area contributed by atoms with Crippen LogP contribution in [0.5, 0.6) is 0 Å². The van der Waals surface area contributed by atoms with E-state index in [2.05, 4.69) is 5.32 Å². The van der Waals surface area contributed by atoms with Gasteiger partial charge in [-0.3, -0.25) is 4.79 Å². The molecule has 1 fully saturated rings. The first-order valence-electron chi connectivity index (χ1n) is 6.35. The normalized spacial score (nSPS) is 17.0. The Morgan fingerprint density at radius 1 is 1.39 bits per heavy atom. The average Bonchev–Trinajstić information content (AvgIpc) is 2.30. The second-order valence-electron chi connectivity index (χ2n) is 4.75. The summed E-state index contributed by atoms with van der Waals surface area (Å²) in [7, 11) is 0. The maximum atomic E-state index is 13.8. The van der Waals surface area contributed by atoms with Crippen molar-refractivity contribution in [2.75, 3.05) is 13.2 Å². The smallest absolute Gasteiger partial charge is 0.230 e. The molecule has 18 heavy (non-hydrogen) atoms. The molecule has 0 unspecified atom stereocenters. The van der Waals surface area contributed by atoms with Gasteiger partial charge in [0.05, 0.1) is 5.41 Å². The predicted molar refractivity (Wildman–Crippen MR) is 66.6 cm³/mol. The molecule has 0 spiro atoms. The van der Waals surface area contributed by atoms with Crippen LogP contribution in [-0.4, -0.2) is 24.2 Å². The first-order valence-corrected chi connectivity index (χ1v) is 6.35. The Bertz CT molecular complexity index is 430. The quantitative estimate of drug-likeness (QED) is 0.783. The van der Waals surface area contributed by atoms with E-state index in [4.69, 9.17) is 5.11 Å². The van der Waals surface area contributed by atoms with E-state index >= 15 is 0 Å². The molecule has 0 aromatic heterocycles. The fourth-order valence-corrected chi connectivity index (χ4v) is 2.45. The highest BCUT2D eigenvalue weighted by atomic mass is 19.1. The largest absolute Gasteiger partial charge is 0.396 e. The molecule has 2 rings (SSSR count). The third kappa shape index (κ3) is 2.25. The van der Waals surface area contributed by atoms with Crippen LogP contribution in [0.3, 0.4) is 0 Å². The molecule has 0 bridgehead atoms. The third-order valence-corrected chi connectivity index (χ3v) is 3.65. The second-order valence-corrected chi connectivity index (χ2v) is 4.75. The van der Waals surface area contributed by atoms with Crippen molar-refractivity contribution in [2.24, 2.45) is 0 Å². The van der Waals surface area contributed by atoms with Gasteiger partial charge in [0.25, 0.3) is 0 Å². The molecular weight excluding hydrogens is 233 g/mol. The molecule has 1 saturated carbocycles. The number of benzene rings is 1. The van der Waals surface area contributed by atoms with Crippen molar-refractivity contribution in [1.82, 2.24) is 5.32 Å². The molecule has 4 heteroatoms. The molecule has 0 saturated heterocycles. The molecule has 0 heterocycles. The fraction of sp³-hybridized carbons (Fsp3) is 0.500. The van der Waals surface area contributed by atoms with Crippen LogP contribution in [0.15, 0.2) is 24.3 Å². The number of nitrogens with one attached hydrogen (secondary N) is 1. The summed E-state index contributed by atoms with van der Waals surface area (Å²) in [4.78, 5) is 12.2. The molecule has 1 aromatic carbocycles. The standard InChI is InChI=1S/C14H18FNO2/c15-12-6-2-1-5-11(12)14(7-3-8-14)13(18)16-9-4-10-17/h1-2,5-6,17H,3-4,7-10H2,(H,16,18). The van der Waals surface area contributed by atoms with E-state index < -0.39 is 5.41 Å². The van der Waals surface area contributed by atoms with E-state index in [0.29, 0.717) is 31.4 Å². The van der Waals surface area contributed by atoms with Gasteiger partial charge in [0.15, 0.2) is 0 Å². The van der Waals surface area contributed by atoms with Gasteiger partial charge < -0.3 is 10.4 Å². The van der Waals surface area contributed by atoms with E-state index in [1.807, 2.05) is 0 Å². The average molecular weight is 251 g/mol. The zero-order valence-electron chi connectivity index (χ0n) is 10.3. The van der Waals surface area contributed by atoms with Gasteiger partial charge in [-0.15, -0.1) is 0 Å². The first kappa shape index (κ1) is 13.0. The Morgan fingerprint density at radius 2 is 2.11 bits per heavy atom. The highest BCUT2D eigenvalue weighted by Crippen LogP contribution is 2.44. The molecule has 1 aromatic rings. The number of hydrogen-bond donors (Lipinski definition) is 2. The maximum Gasteiger partial charge on any atom is 0.230 e. The SMILES string of the molecule is O=C(NCCCO)C1(c2ccccc2F)CCC1. The van der Waals surface area contributed by atoms with Crippen LogP contribution in [0, 0.1) is 5.82 Å². The molecule has 3 nitrogen and oxygen atoms in total. The summed E-state index contributed by atoms with van der Waals surface area (Å²) in [6.07, 6.45) is 2.86. The Labute approximate surface area is 106 Å². The molecule has 1 aliphatic carbocycles. The van der Waals surface area contributed by atoms with E-state index in [9.17, 15) is 9.18 Å². The number of aliphatic hydroxyl groups is 1. The zero-order valence-corrected chi connectivity index (χ0v) is 10.3. The molecule has 0 aliphatic heterocycles. The molecule has 0 atom stereocenters. The van der Waals surface area contributed by atoms with Gasteiger partial charge in [0, 0.05) is 18.7 Å². The molecule has 1 aliphatic rings. The predicted octanol–water partition coefficient (Wildman–Crippen LogP) is 1.75. The summed E-state index contributed by atoms with van der Waals surface area (Å²) in [6.45, 7) is 0.485. The van der Waals surface area contributed by atoms with E-state index in [-0.39, 0.29) is 18.3 Å². The van der Waals surface area contributed by atoms with Crippen molar-refractivity contribution in [3.8, 4) is 0 Å². The van der Waals surface area contributed by atoms with Crippen LogP contribution in [-0.2, 0) is 10.2 Å². The van der Waals surface area contributed by atoms with Crippen LogP contribution in [0.1, 0.15) is 31.2 Å². The maximum absolute atomic E-state index is 13.8. The van der Waals surface area contributed by atoms with Crippen LogP contribution >= 0.6 is 0 Å². The third-order valence-electron chi connectivity index (χ3n) is 3.65. The highest BCUT2D eigenvalue weighted by Gasteiger charge is 2.46. The Morgan fingerprint density at radius 3 is 2.67 bits per heavy atom. The molecule has 98 valence electrons.